The third kappa shape index (κ3) is 5.35. The maximum absolute atomic E-state index is 11.7. The number of ether oxygens (including phenoxy) is 1. The van der Waals surface area contributed by atoms with Crippen LogP contribution in [-0.2, 0) is 4.79 Å². The SMILES string of the molecule is CC1=C/C(=N/NC(=O)CCCOc2ccc(Cl)cc2Cl)CC1. The van der Waals surface area contributed by atoms with E-state index in [1.54, 1.807) is 18.2 Å². The Labute approximate surface area is 140 Å². The van der Waals surface area contributed by atoms with Gasteiger partial charge in [-0.2, -0.15) is 5.10 Å². The van der Waals surface area contributed by atoms with Crippen LogP contribution < -0.4 is 10.2 Å². The molecule has 1 aromatic carbocycles. The quantitative estimate of drug-likeness (QED) is 0.617. The Morgan fingerprint density at radius 3 is 2.86 bits per heavy atom. The first-order valence-corrected chi connectivity index (χ1v) is 7.90. The average molecular weight is 341 g/mol. The van der Waals surface area contributed by atoms with Gasteiger partial charge in [0, 0.05) is 11.4 Å². The number of nitrogens with zero attached hydrogens (tertiary/aromatic N) is 1. The molecule has 0 aliphatic heterocycles. The highest BCUT2D eigenvalue weighted by Gasteiger charge is 2.08. The Morgan fingerprint density at radius 1 is 1.36 bits per heavy atom. The minimum Gasteiger partial charge on any atom is -0.492 e. The van der Waals surface area contributed by atoms with Gasteiger partial charge >= 0.3 is 0 Å². The van der Waals surface area contributed by atoms with E-state index in [1.165, 1.54) is 5.57 Å². The molecule has 0 heterocycles. The lowest BCUT2D eigenvalue weighted by molar-refractivity contribution is -0.121. The first kappa shape index (κ1) is 16.8. The summed E-state index contributed by atoms with van der Waals surface area (Å²) in [5, 5.41) is 5.13. The zero-order valence-corrected chi connectivity index (χ0v) is 13.9. The van der Waals surface area contributed by atoms with E-state index in [0.717, 1.165) is 18.6 Å². The van der Waals surface area contributed by atoms with Crippen LogP contribution in [0.1, 0.15) is 32.6 Å². The highest BCUT2D eigenvalue weighted by Crippen LogP contribution is 2.27. The van der Waals surface area contributed by atoms with Crippen molar-refractivity contribution < 1.29 is 9.53 Å². The standard InChI is InChI=1S/C16H18Cl2N2O2/c1-11-4-6-13(9-11)19-20-16(21)3-2-8-22-15-7-5-12(17)10-14(15)18/h5,7,9-10H,2-4,6,8H2,1H3,(H,20,21)/b19-13+. The molecular formula is C16H18Cl2N2O2. The zero-order chi connectivity index (χ0) is 15.9. The topological polar surface area (TPSA) is 50.7 Å². The Hall–Kier alpha value is -1.52. The van der Waals surface area contributed by atoms with Gasteiger partial charge in [-0.25, -0.2) is 5.43 Å². The largest absolute Gasteiger partial charge is 0.492 e. The number of hydrogen-bond donors (Lipinski definition) is 1. The van der Waals surface area contributed by atoms with Gasteiger partial charge in [0.1, 0.15) is 5.75 Å². The number of benzene rings is 1. The minimum atomic E-state index is -0.115. The van der Waals surface area contributed by atoms with Crippen LogP contribution in [0.3, 0.4) is 0 Å². The summed E-state index contributed by atoms with van der Waals surface area (Å²) in [4.78, 5) is 11.7. The summed E-state index contributed by atoms with van der Waals surface area (Å²) in [5.41, 5.74) is 4.79. The van der Waals surface area contributed by atoms with Gasteiger partial charge < -0.3 is 4.74 Å². The molecule has 0 fully saturated rings. The number of halogens is 2. The lowest BCUT2D eigenvalue weighted by atomic mass is 10.3. The predicted octanol–water partition coefficient (Wildman–Crippen LogP) is 4.36. The van der Waals surface area contributed by atoms with Crippen molar-refractivity contribution in [2.75, 3.05) is 6.61 Å². The van der Waals surface area contributed by atoms with Gasteiger partial charge in [-0.3, -0.25) is 4.79 Å². The van der Waals surface area contributed by atoms with Gasteiger partial charge in [-0.15, -0.1) is 0 Å². The smallest absolute Gasteiger partial charge is 0.240 e. The Kier molecular flexibility index (Phi) is 6.28. The number of carbonyl (C=O) groups is 1. The van der Waals surface area contributed by atoms with Crippen LogP contribution in [-0.4, -0.2) is 18.2 Å². The molecular weight excluding hydrogens is 323 g/mol. The van der Waals surface area contributed by atoms with Crippen molar-refractivity contribution in [2.24, 2.45) is 5.10 Å². The van der Waals surface area contributed by atoms with Crippen LogP contribution in [0.2, 0.25) is 10.0 Å². The molecule has 0 aromatic heterocycles. The maximum Gasteiger partial charge on any atom is 0.240 e. The molecule has 118 valence electrons. The number of carbonyl (C=O) groups excluding carboxylic acids is 1. The second-order valence-corrected chi connectivity index (χ2v) is 6.00. The summed E-state index contributed by atoms with van der Waals surface area (Å²) in [6, 6.07) is 5.05. The summed E-state index contributed by atoms with van der Waals surface area (Å²) >= 11 is 11.8. The summed E-state index contributed by atoms with van der Waals surface area (Å²) in [7, 11) is 0. The first-order chi connectivity index (χ1) is 10.5. The van der Waals surface area contributed by atoms with Crippen molar-refractivity contribution in [1.82, 2.24) is 5.43 Å². The van der Waals surface area contributed by atoms with Crippen molar-refractivity contribution in [3.05, 3.63) is 39.9 Å². The molecule has 4 nitrogen and oxygen atoms in total. The minimum absolute atomic E-state index is 0.115. The van der Waals surface area contributed by atoms with Crippen LogP contribution in [0.4, 0.5) is 0 Å². The van der Waals surface area contributed by atoms with Gasteiger partial charge in [0.25, 0.3) is 0 Å². The third-order valence-electron chi connectivity index (χ3n) is 3.21. The Balaban J connectivity index is 1.67. The molecule has 1 aromatic rings. The van der Waals surface area contributed by atoms with Crippen LogP contribution in [0.15, 0.2) is 34.9 Å². The molecule has 1 N–H and O–H groups in total. The van der Waals surface area contributed by atoms with E-state index in [9.17, 15) is 4.79 Å². The molecule has 0 spiro atoms. The van der Waals surface area contributed by atoms with E-state index in [2.05, 4.69) is 17.5 Å². The van der Waals surface area contributed by atoms with Gasteiger partial charge in [-0.05, 0) is 50.5 Å². The zero-order valence-electron chi connectivity index (χ0n) is 12.4. The van der Waals surface area contributed by atoms with E-state index in [1.807, 2.05) is 6.08 Å². The lowest BCUT2D eigenvalue weighted by Gasteiger charge is -2.07. The number of hydrogen-bond acceptors (Lipinski definition) is 3. The van der Waals surface area contributed by atoms with Gasteiger partial charge in [-0.1, -0.05) is 28.8 Å². The van der Waals surface area contributed by atoms with Crippen molar-refractivity contribution in [1.29, 1.82) is 0 Å². The van der Waals surface area contributed by atoms with E-state index < -0.39 is 0 Å². The average Bonchev–Trinajstić information content (AvgIpc) is 2.89. The second-order valence-electron chi connectivity index (χ2n) is 5.16. The predicted molar refractivity (Wildman–Crippen MR) is 89.8 cm³/mol. The normalized spacial score (nSPS) is 15.8. The van der Waals surface area contributed by atoms with Crippen LogP contribution in [0.5, 0.6) is 5.75 Å². The van der Waals surface area contributed by atoms with Gasteiger partial charge in [0.05, 0.1) is 17.3 Å². The highest BCUT2D eigenvalue weighted by atomic mass is 35.5. The molecule has 0 bridgehead atoms. The van der Waals surface area contributed by atoms with Crippen LogP contribution in [0, 0.1) is 0 Å². The molecule has 0 saturated carbocycles. The van der Waals surface area contributed by atoms with E-state index >= 15 is 0 Å². The first-order valence-electron chi connectivity index (χ1n) is 7.15. The van der Waals surface area contributed by atoms with Gasteiger partial charge in [0.2, 0.25) is 5.91 Å². The maximum atomic E-state index is 11.7. The van der Waals surface area contributed by atoms with Crippen molar-refractivity contribution in [3.8, 4) is 5.75 Å². The van der Waals surface area contributed by atoms with Crippen molar-refractivity contribution >= 4 is 34.8 Å². The summed E-state index contributed by atoms with van der Waals surface area (Å²) in [6.45, 7) is 2.47. The molecule has 0 atom stereocenters. The van der Waals surface area contributed by atoms with E-state index in [0.29, 0.717) is 35.2 Å². The molecule has 1 amide bonds. The fourth-order valence-electron chi connectivity index (χ4n) is 2.04. The Bertz CT molecular complexity index is 612. The molecule has 22 heavy (non-hydrogen) atoms. The second kappa shape index (κ2) is 8.20. The van der Waals surface area contributed by atoms with E-state index in [4.69, 9.17) is 27.9 Å². The number of hydrazone groups is 1. The monoisotopic (exact) mass is 340 g/mol. The molecule has 1 aliphatic carbocycles. The summed E-state index contributed by atoms with van der Waals surface area (Å²) < 4.78 is 5.52. The molecule has 0 radical (unpaired) electrons. The summed E-state index contributed by atoms with van der Waals surface area (Å²) in [5.74, 6) is 0.453. The van der Waals surface area contributed by atoms with Crippen LogP contribution in [0.25, 0.3) is 0 Å². The summed E-state index contributed by atoms with van der Waals surface area (Å²) in [6.07, 6.45) is 4.86. The molecule has 2 rings (SSSR count). The molecule has 0 unspecified atom stereocenters. The molecule has 1 aliphatic rings. The van der Waals surface area contributed by atoms with Crippen LogP contribution >= 0.6 is 23.2 Å². The number of nitrogens with one attached hydrogen (secondary N) is 1. The lowest BCUT2D eigenvalue weighted by Crippen LogP contribution is -2.19. The molecule has 0 saturated heterocycles. The third-order valence-corrected chi connectivity index (χ3v) is 3.74. The molecule has 6 heteroatoms. The van der Waals surface area contributed by atoms with Gasteiger partial charge in [0.15, 0.2) is 0 Å². The highest BCUT2D eigenvalue weighted by molar-refractivity contribution is 6.35. The number of rotatable bonds is 6. The Morgan fingerprint density at radius 2 is 2.18 bits per heavy atom. The van der Waals surface area contributed by atoms with E-state index in [-0.39, 0.29) is 5.91 Å². The number of amides is 1. The fourth-order valence-corrected chi connectivity index (χ4v) is 2.50. The number of allylic oxidation sites excluding steroid dienone is 2. The van der Waals surface area contributed by atoms with Crippen molar-refractivity contribution in [2.45, 2.75) is 32.6 Å². The van der Waals surface area contributed by atoms with Crippen molar-refractivity contribution in [3.63, 3.8) is 0 Å². The fraction of sp³-hybridized carbons (Fsp3) is 0.375.